The Labute approximate surface area is 212 Å². The van der Waals surface area contributed by atoms with E-state index in [1.54, 1.807) is 18.2 Å². The van der Waals surface area contributed by atoms with Crippen LogP contribution in [0.2, 0.25) is 0 Å². The van der Waals surface area contributed by atoms with Crippen LogP contribution in [0.4, 0.5) is 18.9 Å². The van der Waals surface area contributed by atoms with E-state index in [4.69, 9.17) is 9.47 Å². The van der Waals surface area contributed by atoms with Crippen LogP contribution in [0.25, 0.3) is 11.1 Å². The molecule has 3 aromatic rings. The van der Waals surface area contributed by atoms with E-state index in [0.29, 0.717) is 5.56 Å². The second-order valence-corrected chi connectivity index (χ2v) is 11.0. The lowest BCUT2D eigenvalue weighted by atomic mass is 9.98. The number of methoxy groups -OCH3 is 1. The lowest BCUT2D eigenvalue weighted by Crippen LogP contribution is -2.16. The molecule has 2 aromatic carbocycles. The standard InChI is InChI=1S/C24H18BrF3N2O5S/c1-34-22-18(25)6-14-8-20(22)36(32,33)30-19-7-13(4-5-16(19)12-2-3-12)17-10-29-21(24(26,27)28)9-15(17)11-35-23(14)31/h4-10,12,30H,2-3,11H2,1H3. The third-order valence-electron chi connectivity index (χ3n) is 6.00. The van der Waals surface area contributed by atoms with E-state index in [0.717, 1.165) is 36.7 Å². The molecule has 0 saturated heterocycles. The molecule has 5 rings (SSSR count). The number of aromatic nitrogens is 1. The normalized spacial score (nSPS) is 17.0. The summed E-state index contributed by atoms with van der Waals surface area (Å²) in [5.41, 5.74) is 0.572. The summed E-state index contributed by atoms with van der Waals surface area (Å²) in [5, 5.41) is 0. The molecule has 0 amide bonds. The van der Waals surface area contributed by atoms with E-state index in [1.807, 2.05) is 0 Å². The molecular weight excluding hydrogens is 565 g/mol. The Morgan fingerprint density at radius 2 is 1.89 bits per heavy atom. The van der Waals surface area contributed by atoms with Gasteiger partial charge in [0, 0.05) is 17.3 Å². The quantitative estimate of drug-likeness (QED) is 0.379. The number of anilines is 1. The number of rotatable bonds is 2. The van der Waals surface area contributed by atoms with Crippen LogP contribution in [0.15, 0.2) is 52.0 Å². The molecule has 0 atom stereocenters. The molecule has 12 heteroatoms. The molecule has 2 aliphatic rings. The Balaban J connectivity index is 1.75. The number of nitrogens with zero attached hydrogens (tertiary/aromatic N) is 1. The van der Waals surface area contributed by atoms with Gasteiger partial charge in [0.2, 0.25) is 0 Å². The summed E-state index contributed by atoms with van der Waals surface area (Å²) in [6.45, 7) is -0.487. The van der Waals surface area contributed by atoms with E-state index in [-0.39, 0.29) is 43.4 Å². The highest BCUT2D eigenvalue weighted by Gasteiger charge is 2.34. The molecule has 1 saturated carbocycles. The third kappa shape index (κ3) is 4.55. The molecule has 1 aliphatic heterocycles. The van der Waals surface area contributed by atoms with Crippen molar-refractivity contribution in [3.63, 3.8) is 0 Å². The Kier molecular flexibility index (Phi) is 5.98. The van der Waals surface area contributed by atoms with Gasteiger partial charge < -0.3 is 9.47 Å². The summed E-state index contributed by atoms with van der Waals surface area (Å²) in [6, 6.07) is 8.27. The average molecular weight is 583 g/mol. The fraction of sp³-hybridized carbons (Fsp3) is 0.250. The fourth-order valence-corrected chi connectivity index (χ4v) is 6.15. The van der Waals surface area contributed by atoms with Gasteiger partial charge in [-0.1, -0.05) is 12.1 Å². The van der Waals surface area contributed by atoms with Gasteiger partial charge >= 0.3 is 12.1 Å². The number of sulfonamides is 1. The van der Waals surface area contributed by atoms with Crippen molar-refractivity contribution in [2.75, 3.05) is 11.8 Å². The number of cyclic esters (lactones) is 1. The average Bonchev–Trinajstić information content (AvgIpc) is 3.65. The van der Waals surface area contributed by atoms with E-state index >= 15 is 0 Å². The molecule has 7 nitrogen and oxygen atoms in total. The van der Waals surface area contributed by atoms with Gasteiger partial charge in [0.1, 0.15) is 17.2 Å². The van der Waals surface area contributed by atoms with Gasteiger partial charge in [0.15, 0.2) is 5.75 Å². The van der Waals surface area contributed by atoms with Gasteiger partial charge in [-0.15, -0.1) is 0 Å². The summed E-state index contributed by atoms with van der Waals surface area (Å²) in [4.78, 5) is 16.1. The molecule has 1 fully saturated rings. The molecule has 188 valence electrons. The number of ether oxygens (including phenoxy) is 2. The van der Waals surface area contributed by atoms with Gasteiger partial charge in [-0.3, -0.25) is 9.71 Å². The van der Waals surface area contributed by atoms with Gasteiger partial charge in [0.25, 0.3) is 10.0 Å². The molecule has 36 heavy (non-hydrogen) atoms. The van der Waals surface area contributed by atoms with Crippen molar-refractivity contribution < 1.29 is 35.9 Å². The second-order valence-electron chi connectivity index (χ2n) is 8.47. The summed E-state index contributed by atoms with van der Waals surface area (Å²) in [6.07, 6.45) is -1.88. The predicted molar refractivity (Wildman–Crippen MR) is 127 cm³/mol. The maximum atomic E-state index is 13.5. The van der Waals surface area contributed by atoms with E-state index < -0.39 is 34.5 Å². The summed E-state index contributed by atoms with van der Waals surface area (Å²) >= 11 is 3.23. The Morgan fingerprint density at radius 1 is 1.14 bits per heavy atom. The largest absolute Gasteiger partial charge is 0.494 e. The number of benzene rings is 2. The monoisotopic (exact) mass is 582 g/mol. The maximum absolute atomic E-state index is 13.5. The van der Waals surface area contributed by atoms with Crippen LogP contribution in [0.3, 0.4) is 0 Å². The number of fused-ring (bicyclic) bond motifs is 6. The van der Waals surface area contributed by atoms with Crippen molar-refractivity contribution in [3.05, 3.63) is 69.5 Å². The second kappa shape index (κ2) is 8.77. The molecule has 4 bridgehead atoms. The van der Waals surface area contributed by atoms with E-state index in [2.05, 4.69) is 25.6 Å². The fourth-order valence-electron chi connectivity index (χ4n) is 4.10. The number of esters is 1. The smallest absolute Gasteiger partial charge is 0.433 e. The number of pyridine rings is 1. The minimum absolute atomic E-state index is 0.0136. The maximum Gasteiger partial charge on any atom is 0.433 e. The zero-order valence-electron chi connectivity index (χ0n) is 18.6. The SMILES string of the molecule is COc1c(Br)cc2cc1S(=O)(=O)Nc1cc(ccc1C1CC1)-c1cnc(C(F)(F)F)cc1COC2=O. The molecule has 1 aliphatic carbocycles. The lowest BCUT2D eigenvalue weighted by molar-refractivity contribution is -0.141. The number of nitrogens with one attached hydrogen (secondary N) is 1. The van der Waals surface area contributed by atoms with Crippen molar-refractivity contribution in [1.82, 2.24) is 4.98 Å². The van der Waals surface area contributed by atoms with Crippen LogP contribution in [0, 0.1) is 0 Å². The predicted octanol–water partition coefficient (Wildman–Crippen LogP) is 5.89. The van der Waals surface area contributed by atoms with Crippen LogP contribution in [-0.4, -0.2) is 26.5 Å². The molecule has 0 unspecified atom stereocenters. The highest BCUT2D eigenvalue weighted by atomic mass is 79.9. The van der Waals surface area contributed by atoms with Crippen LogP contribution < -0.4 is 9.46 Å². The molecule has 1 N–H and O–H groups in total. The lowest BCUT2D eigenvalue weighted by Gasteiger charge is -2.17. The molecule has 2 heterocycles. The number of carbonyl (C=O) groups excluding carboxylic acids is 1. The first-order valence-electron chi connectivity index (χ1n) is 10.8. The zero-order valence-corrected chi connectivity index (χ0v) is 21.1. The number of carbonyl (C=O) groups is 1. The first kappa shape index (κ1) is 24.6. The highest BCUT2D eigenvalue weighted by Crippen LogP contribution is 2.46. The molecular formula is C24H18BrF3N2O5S. The molecule has 0 radical (unpaired) electrons. The topological polar surface area (TPSA) is 94.6 Å². The van der Waals surface area contributed by atoms with Crippen molar-refractivity contribution in [2.45, 2.75) is 36.4 Å². The van der Waals surface area contributed by atoms with Crippen LogP contribution in [0.1, 0.15) is 45.9 Å². The number of halogens is 4. The van der Waals surface area contributed by atoms with Gasteiger partial charge in [-0.05, 0) is 70.1 Å². The number of hydrogen-bond donors (Lipinski definition) is 1. The Hall–Kier alpha value is -3.12. The molecule has 0 spiro atoms. The Morgan fingerprint density at radius 3 is 2.56 bits per heavy atom. The van der Waals surface area contributed by atoms with Gasteiger partial charge in [-0.2, -0.15) is 13.2 Å². The van der Waals surface area contributed by atoms with Crippen LogP contribution in [0.5, 0.6) is 5.75 Å². The van der Waals surface area contributed by atoms with E-state index in [1.165, 1.54) is 13.2 Å². The van der Waals surface area contributed by atoms with Crippen molar-refractivity contribution >= 4 is 37.6 Å². The van der Waals surface area contributed by atoms with Crippen molar-refractivity contribution in [3.8, 4) is 16.9 Å². The summed E-state index contributed by atoms with van der Waals surface area (Å²) in [5.74, 6) is -0.779. The first-order valence-corrected chi connectivity index (χ1v) is 13.0. The van der Waals surface area contributed by atoms with Gasteiger partial charge in [-0.25, -0.2) is 13.2 Å². The minimum Gasteiger partial charge on any atom is -0.494 e. The van der Waals surface area contributed by atoms with Crippen LogP contribution in [-0.2, 0) is 27.5 Å². The number of alkyl halides is 3. The highest BCUT2D eigenvalue weighted by molar-refractivity contribution is 9.10. The van der Waals surface area contributed by atoms with Crippen molar-refractivity contribution in [2.24, 2.45) is 0 Å². The first-order chi connectivity index (χ1) is 17.0. The van der Waals surface area contributed by atoms with Gasteiger partial charge in [0.05, 0.1) is 22.8 Å². The minimum atomic E-state index is -4.70. The van der Waals surface area contributed by atoms with Crippen molar-refractivity contribution in [1.29, 1.82) is 0 Å². The van der Waals surface area contributed by atoms with Crippen LogP contribution >= 0.6 is 15.9 Å². The Bertz CT molecular complexity index is 1500. The van der Waals surface area contributed by atoms with E-state index in [9.17, 15) is 26.4 Å². The summed E-state index contributed by atoms with van der Waals surface area (Å²) < 4.78 is 80.5. The third-order valence-corrected chi connectivity index (χ3v) is 7.96. The summed E-state index contributed by atoms with van der Waals surface area (Å²) in [7, 11) is -2.96. The zero-order chi connectivity index (χ0) is 25.8. The molecule has 1 aromatic heterocycles. The number of hydrogen-bond acceptors (Lipinski definition) is 6.